The molecule has 0 spiro atoms. The molecule has 1 aliphatic carbocycles. The number of piperidine rings is 1. The van der Waals surface area contributed by atoms with Gasteiger partial charge >= 0.3 is 0 Å². The quantitative estimate of drug-likeness (QED) is 0.910. The number of hydrogen-bond donors (Lipinski definition) is 1. The van der Waals surface area contributed by atoms with Gasteiger partial charge in [0, 0.05) is 25.7 Å². The largest absolute Gasteiger partial charge is 0.368 e. The van der Waals surface area contributed by atoms with Gasteiger partial charge in [0.1, 0.15) is 4.47 Å². The molecule has 0 radical (unpaired) electrons. The van der Waals surface area contributed by atoms with Crippen molar-refractivity contribution in [1.29, 1.82) is 0 Å². The lowest BCUT2D eigenvalue weighted by molar-refractivity contribution is 0.498. The van der Waals surface area contributed by atoms with Crippen molar-refractivity contribution in [1.82, 2.24) is 9.78 Å². The fraction of sp³-hybridized carbons (Fsp3) is 0.692. The highest BCUT2D eigenvalue weighted by Gasteiger charge is 2.25. The first-order chi connectivity index (χ1) is 9.15. The molecule has 1 saturated heterocycles. The van der Waals surface area contributed by atoms with Crippen molar-refractivity contribution >= 4 is 21.6 Å². The molecule has 5 nitrogen and oxygen atoms in total. The summed E-state index contributed by atoms with van der Waals surface area (Å²) < 4.78 is 2.20. The van der Waals surface area contributed by atoms with E-state index in [1.54, 1.807) is 10.9 Å². The maximum atomic E-state index is 12.3. The summed E-state index contributed by atoms with van der Waals surface area (Å²) in [5, 5.41) is 4.31. The minimum Gasteiger partial charge on any atom is -0.368 e. The summed E-state index contributed by atoms with van der Waals surface area (Å²) in [5.74, 6) is 0.645. The average Bonchev–Trinajstić information content (AvgIpc) is 3.19. The Bertz CT molecular complexity index is 526. The Morgan fingerprint density at radius 3 is 2.89 bits per heavy atom. The predicted octanol–water partition coefficient (Wildman–Crippen LogP) is 1.34. The monoisotopic (exact) mass is 326 g/mol. The van der Waals surface area contributed by atoms with Crippen LogP contribution in [0.3, 0.4) is 0 Å². The highest BCUT2D eigenvalue weighted by atomic mass is 79.9. The van der Waals surface area contributed by atoms with Crippen LogP contribution >= 0.6 is 15.9 Å². The molecule has 2 aliphatic rings. The van der Waals surface area contributed by atoms with Crippen LogP contribution in [0.15, 0.2) is 15.5 Å². The van der Waals surface area contributed by atoms with Crippen molar-refractivity contribution in [2.75, 3.05) is 18.0 Å². The highest BCUT2D eigenvalue weighted by Crippen LogP contribution is 2.30. The topological polar surface area (TPSA) is 64.2 Å². The molecule has 1 unspecified atom stereocenters. The fourth-order valence-corrected chi connectivity index (χ4v) is 3.14. The second-order valence-corrected chi connectivity index (χ2v) is 6.42. The molecule has 3 rings (SSSR count). The van der Waals surface area contributed by atoms with Gasteiger partial charge in [0.2, 0.25) is 0 Å². The van der Waals surface area contributed by atoms with Crippen LogP contribution in [0, 0.1) is 5.92 Å². The molecule has 2 heterocycles. The molecule has 0 amide bonds. The zero-order valence-electron chi connectivity index (χ0n) is 10.9. The van der Waals surface area contributed by atoms with Crippen molar-refractivity contribution in [3.05, 3.63) is 21.0 Å². The van der Waals surface area contributed by atoms with E-state index in [0.717, 1.165) is 38.2 Å². The SMILES string of the molecule is NC1CCCN(c2cnn(CC3CC3)c(=O)c2Br)C1. The van der Waals surface area contributed by atoms with Crippen LogP contribution in [-0.4, -0.2) is 28.9 Å². The molecular formula is C13H19BrN4O. The molecule has 1 aromatic heterocycles. The number of nitrogens with zero attached hydrogens (tertiary/aromatic N) is 3. The standard InChI is InChI=1S/C13H19BrN4O/c14-12-11(17-5-1-2-10(15)8-17)6-16-18(13(12)19)7-9-3-4-9/h6,9-10H,1-5,7-8,15H2. The summed E-state index contributed by atoms with van der Waals surface area (Å²) in [5.41, 5.74) is 6.85. The Hall–Kier alpha value is -0.880. The number of aromatic nitrogens is 2. The van der Waals surface area contributed by atoms with Gasteiger partial charge in [-0.2, -0.15) is 5.10 Å². The zero-order chi connectivity index (χ0) is 13.4. The van der Waals surface area contributed by atoms with Gasteiger partial charge < -0.3 is 10.6 Å². The molecule has 0 aromatic carbocycles. The van der Waals surface area contributed by atoms with E-state index in [4.69, 9.17) is 5.73 Å². The van der Waals surface area contributed by atoms with Crippen LogP contribution in [0.25, 0.3) is 0 Å². The zero-order valence-corrected chi connectivity index (χ0v) is 12.5. The van der Waals surface area contributed by atoms with Crippen LogP contribution in [0.2, 0.25) is 0 Å². The maximum Gasteiger partial charge on any atom is 0.283 e. The predicted molar refractivity (Wildman–Crippen MR) is 78.3 cm³/mol. The third-order valence-electron chi connectivity index (χ3n) is 3.89. The summed E-state index contributed by atoms with van der Waals surface area (Å²) in [6.45, 7) is 2.49. The second kappa shape index (κ2) is 5.25. The van der Waals surface area contributed by atoms with Gasteiger partial charge in [0.05, 0.1) is 11.9 Å². The first kappa shape index (κ1) is 13.1. The van der Waals surface area contributed by atoms with Crippen molar-refractivity contribution < 1.29 is 0 Å². The molecule has 1 aliphatic heterocycles. The minimum atomic E-state index is -0.0245. The van der Waals surface area contributed by atoms with Gasteiger partial charge in [-0.05, 0) is 47.5 Å². The lowest BCUT2D eigenvalue weighted by Crippen LogP contribution is -2.43. The lowest BCUT2D eigenvalue weighted by Gasteiger charge is -2.32. The van der Waals surface area contributed by atoms with E-state index >= 15 is 0 Å². The van der Waals surface area contributed by atoms with Crippen LogP contribution in [0.5, 0.6) is 0 Å². The van der Waals surface area contributed by atoms with Crippen LogP contribution in [-0.2, 0) is 6.54 Å². The van der Waals surface area contributed by atoms with E-state index in [1.807, 2.05) is 0 Å². The van der Waals surface area contributed by atoms with E-state index in [9.17, 15) is 4.79 Å². The molecule has 2 fully saturated rings. The van der Waals surface area contributed by atoms with E-state index in [1.165, 1.54) is 12.8 Å². The summed E-state index contributed by atoms with van der Waals surface area (Å²) >= 11 is 3.44. The van der Waals surface area contributed by atoms with Gasteiger partial charge in [0.25, 0.3) is 5.56 Å². The summed E-state index contributed by atoms with van der Waals surface area (Å²) in [4.78, 5) is 14.4. The Balaban J connectivity index is 1.85. The molecule has 1 saturated carbocycles. The smallest absolute Gasteiger partial charge is 0.283 e. The number of anilines is 1. The molecule has 1 aromatic rings. The minimum absolute atomic E-state index is 0.0245. The van der Waals surface area contributed by atoms with Gasteiger partial charge in [-0.1, -0.05) is 0 Å². The molecule has 19 heavy (non-hydrogen) atoms. The van der Waals surface area contributed by atoms with Crippen LogP contribution in [0.1, 0.15) is 25.7 Å². The van der Waals surface area contributed by atoms with E-state index < -0.39 is 0 Å². The van der Waals surface area contributed by atoms with Crippen molar-refractivity contribution in [3.8, 4) is 0 Å². The molecule has 6 heteroatoms. The van der Waals surface area contributed by atoms with Gasteiger partial charge in [-0.3, -0.25) is 4.79 Å². The van der Waals surface area contributed by atoms with Crippen molar-refractivity contribution in [3.63, 3.8) is 0 Å². The molecule has 104 valence electrons. The third kappa shape index (κ3) is 2.84. The number of halogens is 1. The number of rotatable bonds is 3. The summed E-state index contributed by atoms with van der Waals surface area (Å²) in [6, 6.07) is 0.189. The molecule has 0 bridgehead atoms. The Morgan fingerprint density at radius 1 is 1.42 bits per heavy atom. The summed E-state index contributed by atoms with van der Waals surface area (Å²) in [6.07, 6.45) is 6.36. The van der Waals surface area contributed by atoms with Crippen molar-refractivity contribution in [2.24, 2.45) is 11.7 Å². The first-order valence-corrected chi connectivity index (χ1v) is 7.70. The van der Waals surface area contributed by atoms with Gasteiger partial charge in [-0.25, -0.2) is 4.68 Å². The normalized spacial score (nSPS) is 23.7. The first-order valence-electron chi connectivity index (χ1n) is 6.91. The van der Waals surface area contributed by atoms with Crippen LogP contribution in [0.4, 0.5) is 5.69 Å². The molecule has 1 atom stereocenters. The molecule has 2 N–H and O–H groups in total. The van der Waals surface area contributed by atoms with E-state index in [-0.39, 0.29) is 11.6 Å². The van der Waals surface area contributed by atoms with E-state index in [0.29, 0.717) is 10.4 Å². The van der Waals surface area contributed by atoms with Crippen LogP contribution < -0.4 is 16.2 Å². The summed E-state index contributed by atoms with van der Waals surface area (Å²) in [7, 11) is 0. The van der Waals surface area contributed by atoms with Gasteiger partial charge in [-0.15, -0.1) is 0 Å². The fourth-order valence-electron chi connectivity index (χ4n) is 2.58. The second-order valence-electron chi connectivity index (χ2n) is 5.62. The Labute approximate surface area is 120 Å². The van der Waals surface area contributed by atoms with Crippen molar-refractivity contribution in [2.45, 2.75) is 38.3 Å². The Morgan fingerprint density at radius 2 is 2.21 bits per heavy atom. The third-order valence-corrected chi connectivity index (χ3v) is 4.64. The molecular weight excluding hydrogens is 308 g/mol. The number of hydrogen-bond acceptors (Lipinski definition) is 4. The maximum absolute atomic E-state index is 12.3. The highest BCUT2D eigenvalue weighted by molar-refractivity contribution is 9.10. The van der Waals surface area contributed by atoms with Gasteiger partial charge in [0.15, 0.2) is 0 Å². The number of nitrogens with two attached hydrogens (primary N) is 1. The van der Waals surface area contributed by atoms with E-state index in [2.05, 4.69) is 25.9 Å². The average molecular weight is 327 g/mol. The Kier molecular flexibility index (Phi) is 3.62. The lowest BCUT2D eigenvalue weighted by atomic mass is 10.1.